The largest absolute Gasteiger partial charge is 0.382 e. The predicted molar refractivity (Wildman–Crippen MR) is 89.0 cm³/mol. The van der Waals surface area contributed by atoms with E-state index in [0.717, 1.165) is 21.2 Å². The molecule has 0 aliphatic heterocycles. The quantitative estimate of drug-likeness (QED) is 0.419. The zero-order valence-corrected chi connectivity index (χ0v) is 13.7. The number of aliphatic imine (C=N–C) groups is 1. The summed E-state index contributed by atoms with van der Waals surface area (Å²) in [6.45, 7) is 4.15. The SMILES string of the molecule is COCCOCc1cccnc1C(C)=NCC(=S)SC. The van der Waals surface area contributed by atoms with Crippen molar-refractivity contribution in [2.24, 2.45) is 4.99 Å². The van der Waals surface area contributed by atoms with Gasteiger partial charge in [-0.15, -0.1) is 11.8 Å². The molecule has 0 aromatic carbocycles. The highest BCUT2D eigenvalue weighted by Gasteiger charge is 2.07. The van der Waals surface area contributed by atoms with E-state index in [1.54, 1.807) is 25.1 Å². The van der Waals surface area contributed by atoms with E-state index in [-0.39, 0.29) is 0 Å². The van der Waals surface area contributed by atoms with Crippen molar-refractivity contribution in [3.05, 3.63) is 29.6 Å². The molecule has 0 aliphatic carbocycles. The van der Waals surface area contributed by atoms with Crippen LogP contribution in [0, 0.1) is 0 Å². The van der Waals surface area contributed by atoms with Gasteiger partial charge in [-0.05, 0) is 19.2 Å². The molecule has 0 spiro atoms. The van der Waals surface area contributed by atoms with Crippen LogP contribution in [0.15, 0.2) is 23.3 Å². The molecule has 0 amide bonds. The summed E-state index contributed by atoms with van der Waals surface area (Å²) in [6.07, 6.45) is 3.73. The molecule has 1 heterocycles. The van der Waals surface area contributed by atoms with E-state index < -0.39 is 0 Å². The lowest BCUT2D eigenvalue weighted by Crippen LogP contribution is -2.09. The normalized spacial score (nSPS) is 11.7. The molecule has 6 heteroatoms. The number of rotatable bonds is 8. The van der Waals surface area contributed by atoms with Crippen LogP contribution in [-0.2, 0) is 16.1 Å². The van der Waals surface area contributed by atoms with E-state index in [1.807, 2.05) is 25.3 Å². The van der Waals surface area contributed by atoms with Gasteiger partial charge < -0.3 is 9.47 Å². The number of thiocarbonyl (C=S) groups is 1. The zero-order chi connectivity index (χ0) is 14.8. The van der Waals surface area contributed by atoms with E-state index in [2.05, 4.69) is 9.98 Å². The first-order chi connectivity index (χ1) is 9.69. The number of nitrogens with zero attached hydrogens (tertiary/aromatic N) is 2. The van der Waals surface area contributed by atoms with Gasteiger partial charge in [-0.25, -0.2) is 0 Å². The second kappa shape index (κ2) is 9.99. The molecular weight excluding hydrogens is 292 g/mol. The highest BCUT2D eigenvalue weighted by molar-refractivity contribution is 8.22. The molecule has 20 heavy (non-hydrogen) atoms. The number of hydrogen-bond acceptors (Lipinski definition) is 6. The van der Waals surface area contributed by atoms with Crippen LogP contribution >= 0.6 is 24.0 Å². The smallest absolute Gasteiger partial charge is 0.0892 e. The molecule has 0 fully saturated rings. The number of aromatic nitrogens is 1. The van der Waals surface area contributed by atoms with E-state index in [1.165, 1.54) is 0 Å². The molecule has 0 unspecified atom stereocenters. The van der Waals surface area contributed by atoms with Crippen LogP contribution in [0.3, 0.4) is 0 Å². The molecule has 0 aliphatic rings. The van der Waals surface area contributed by atoms with E-state index in [4.69, 9.17) is 21.7 Å². The first kappa shape index (κ1) is 17.2. The molecule has 0 radical (unpaired) electrons. The van der Waals surface area contributed by atoms with Crippen molar-refractivity contribution in [2.75, 3.05) is 33.1 Å². The molecule has 0 atom stereocenters. The molecule has 1 aromatic heterocycles. The van der Waals surface area contributed by atoms with Gasteiger partial charge in [0.05, 0.1) is 42.0 Å². The summed E-state index contributed by atoms with van der Waals surface area (Å²) < 4.78 is 11.4. The monoisotopic (exact) mass is 312 g/mol. The second-order valence-corrected chi connectivity index (χ2v) is 5.69. The van der Waals surface area contributed by atoms with Gasteiger partial charge in [-0.1, -0.05) is 18.3 Å². The van der Waals surface area contributed by atoms with Gasteiger partial charge in [0.15, 0.2) is 0 Å². The molecule has 110 valence electrons. The Hall–Kier alpha value is -0.820. The number of methoxy groups -OCH3 is 1. The van der Waals surface area contributed by atoms with Crippen molar-refractivity contribution in [1.29, 1.82) is 0 Å². The minimum Gasteiger partial charge on any atom is -0.382 e. The fourth-order valence-electron chi connectivity index (χ4n) is 1.53. The average Bonchev–Trinajstić information content (AvgIpc) is 2.49. The van der Waals surface area contributed by atoms with Crippen LogP contribution in [0.5, 0.6) is 0 Å². The Morgan fingerprint density at radius 3 is 2.95 bits per heavy atom. The predicted octanol–water partition coefficient (Wildman–Crippen LogP) is 2.74. The zero-order valence-electron chi connectivity index (χ0n) is 12.1. The maximum absolute atomic E-state index is 5.55. The van der Waals surface area contributed by atoms with Crippen LogP contribution in [0.25, 0.3) is 0 Å². The molecule has 0 N–H and O–H groups in total. The number of hydrogen-bond donors (Lipinski definition) is 0. The maximum Gasteiger partial charge on any atom is 0.0892 e. The summed E-state index contributed by atoms with van der Waals surface area (Å²) in [6, 6.07) is 3.90. The van der Waals surface area contributed by atoms with Crippen LogP contribution in [0.1, 0.15) is 18.2 Å². The number of ether oxygens (including phenoxy) is 2. The molecule has 1 rings (SSSR count). The Morgan fingerprint density at radius 2 is 2.25 bits per heavy atom. The first-order valence-electron chi connectivity index (χ1n) is 6.27. The van der Waals surface area contributed by atoms with Crippen molar-refractivity contribution in [2.45, 2.75) is 13.5 Å². The van der Waals surface area contributed by atoms with Crippen LogP contribution in [-0.4, -0.2) is 48.0 Å². The Morgan fingerprint density at radius 1 is 1.45 bits per heavy atom. The van der Waals surface area contributed by atoms with Gasteiger partial charge in [-0.3, -0.25) is 9.98 Å². The Bertz CT molecular complexity index is 464. The van der Waals surface area contributed by atoms with E-state index >= 15 is 0 Å². The Balaban J connectivity index is 2.70. The summed E-state index contributed by atoms with van der Waals surface area (Å²) in [5.41, 5.74) is 2.78. The second-order valence-electron chi connectivity index (χ2n) is 4.03. The summed E-state index contributed by atoms with van der Waals surface area (Å²) in [4.78, 5) is 8.87. The summed E-state index contributed by atoms with van der Waals surface area (Å²) in [5.74, 6) is 0. The molecular formula is C14H20N2O2S2. The third-order valence-corrected chi connectivity index (χ3v) is 3.81. The fourth-order valence-corrected chi connectivity index (χ4v) is 1.79. The lowest BCUT2D eigenvalue weighted by atomic mass is 10.1. The van der Waals surface area contributed by atoms with E-state index in [9.17, 15) is 0 Å². The average molecular weight is 312 g/mol. The van der Waals surface area contributed by atoms with Crippen LogP contribution in [0.2, 0.25) is 0 Å². The molecule has 0 saturated carbocycles. The first-order valence-corrected chi connectivity index (χ1v) is 7.91. The number of pyridine rings is 1. The van der Waals surface area contributed by atoms with Gasteiger partial charge in [0, 0.05) is 18.9 Å². The highest BCUT2D eigenvalue weighted by atomic mass is 32.2. The van der Waals surface area contributed by atoms with Crippen molar-refractivity contribution in [3.8, 4) is 0 Å². The van der Waals surface area contributed by atoms with Crippen molar-refractivity contribution in [1.82, 2.24) is 4.98 Å². The third kappa shape index (κ3) is 6.09. The summed E-state index contributed by atoms with van der Waals surface area (Å²) >= 11 is 6.70. The molecule has 1 aromatic rings. The standard InChI is InChI=1S/C14H20N2O2S2/c1-11(16-9-13(19)20-3)14-12(5-4-6-15-14)10-18-8-7-17-2/h4-6H,7-10H2,1-3H3. The number of thioether (sulfide) groups is 1. The van der Waals surface area contributed by atoms with E-state index in [0.29, 0.717) is 26.4 Å². The maximum atomic E-state index is 5.55. The topological polar surface area (TPSA) is 43.7 Å². The minimum absolute atomic E-state index is 0.506. The molecule has 0 saturated heterocycles. The molecule has 4 nitrogen and oxygen atoms in total. The van der Waals surface area contributed by atoms with Gasteiger partial charge in [0.1, 0.15) is 0 Å². The lowest BCUT2D eigenvalue weighted by Gasteiger charge is -2.09. The minimum atomic E-state index is 0.506. The fraction of sp³-hybridized carbons (Fsp3) is 0.500. The third-order valence-electron chi connectivity index (χ3n) is 2.60. The van der Waals surface area contributed by atoms with Gasteiger partial charge in [0.25, 0.3) is 0 Å². The van der Waals surface area contributed by atoms with Gasteiger partial charge in [-0.2, -0.15) is 0 Å². The molecule has 0 bridgehead atoms. The lowest BCUT2D eigenvalue weighted by molar-refractivity contribution is 0.0615. The van der Waals surface area contributed by atoms with Crippen molar-refractivity contribution >= 4 is 33.9 Å². The Kier molecular flexibility index (Phi) is 8.60. The van der Waals surface area contributed by atoms with Gasteiger partial charge >= 0.3 is 0 Å². The van der Waals surface area contributed by atoms with Crippen LogP contribution in [0.4, 0.5) is 0 Å². The Labute approximate surface area is 130 Å². The highest BCUT2D eigenvalue weighted by Crippen LogP contribution is 2.09. The van der Waals surface area contributed by atoms with Crippen LogP contribution < -0.4 is 0 Å². The van der Waals surface area contributed by atoms with Gasteiger partial charge in [0.2, 0.25) is 0 Å². The van der Waals surface area contributed by atoms with Crippen molar-refractivity contribution < 1.29 is 9.47 Å². The summed E-state index contributed by atoms with van der Waals surface area (Å²) in [5, 5.41) is 0. The van der Waals surface area contributed by atoms with Crippen molar-refractivity contribution in [3.63, 3.8) is 0 Å². The summed E-state index contributed by atoms with van der Waals surface area (Å²) in [7, 11) is 1.66.